The second kappa shape index (κ2) is 4.43. The Labute approximate surface area is 92.1 Å². The quantitative estimate of drug-likeness (QED) is 0.837. The van der Waals surface area contributed by atoms with Gasteiger partial charge in [0, 0.05) is 6.04 Å². The molecule has 0 unspecified atom stereocenters. The maximum atomic E-state index is 12.9. The largest absolute Gasteiger partial charge is 0.422 e. The fraction of sp³-hybridized carbons (Fsp3) is 0.455. The smallest absolute Gasteiger partial charge is 0.375 e. The van der Waals surface area contributed by atoms with Gasteiger partial charge < -0.3 is 10.4 Å². The van der Waals surface area contributed by atoms with Crippen LogP contribution in [0.5, 0.6) is 0 Å². The van der Waals surface area contributed by atoms with Crippen LogP contribution in [0.1, 0.15) is 12.5 Å². The molecule has 5 heteroatoms. The number of hydrogen-bond donors (Lipinski definition) is 2. The summed E-state index contributed by atoms with van der Waals surface area (Å²) in [6.45, 7) is 1.29. The van der Waals surface area contributed by atoms with Crippen molar-refractivity contribution in [3.63, 3.8) is 0 Å². The summed E-state index contributed by atoms with van der Waals surface area (Å²) in [5, 5.41) is 12.3. The fourth-order valence-electron chi connectivity index (χ4n) is 1.56. The summed E-state index contributed by atoms with van der Waals surface area (Å²) >= 11 is 0. The molecule has 0 saturated heterocycles. The summed E-state index contributed by atoms with van der Waals surface area (Å²) in [5.41, 5.74) is -3.03. The van der Waals surface area contributed by atoms with Crippen molar-refractivity contribution in [3.05, 3.63) is 35.9 Å². The number of hydrogen-bond acceptors (Lipinski definition) is 2. The van der Waals surface area contributed by atoms with Gasteiger partial charge in [-0.25, -0.2) is 0 Å². The lowest BCUT2D eigenvalue weighted by Gasteiger charge is -2.36. The molecule has 0 aromatic heterocycles. The number of rotatable bonds is 3. The highest BCUT2D eigenvalue weighted by molar-refractivity contribution is 5.26. The average Bonchev–Trinajstić information content (AvgIpc) is 2.26. The van der Waals surface area contributed by atoms with Crippen molar-refractivity contribution in [2.24, 2.45) is 0 Å². The molecule has 0 bridgehead atoms. The van der Waals surface area contributed by atoms with Gasteiger partial charge in [-0.2, -0.15) is 13.2 Å². The van der Waals surface area contributed by atoms with Crippen molar-refractivity contribution in [3.8, 4) is 0 Å². The van der Waals surface area contributed by atoms with Crippen molar-refractivity contribution in [1.29, 1.82) is 0 Å². The number of nitrogens with one attached hydrogen (secondary N) is 1. The van der Waals surface area contributed by atoms with Gasteiger partial charge in [0.15, 0.2) is 0 Å². The molecule has 0 amide bonds. The van der Waals surface area contributed by atoms with Gasteiger partial charge in [0.25, 0.3) is 0 Å². The number of aliphatic hydroxyl groups is 1. The van der Waals surface area contributed by atoms with E-state index in [1.807, 2.05) is 0 Å². The molecule has 90 valence electrons. The van der Waals surface area contributed by atoms with Crippen molar-refractivity contribution >= 4 is 0 Å². The van der Waals surface area contributed by atoms with Gasteiger partial charge in [-0.1, -0.05) is 30.3 Å². The molecule has 16 heavy (non-hydrogen) atoms. The molecule has 1 rings (SSSR count). The highest BCUT2D eigenvalue weighted by Gasteiger charge is 2.57. The average molecular weight is 233 g/mol. The molecule has 1 aromatic rings. The maximum Gasteiger partial charge on any atom is 0.422 e. The Kier molecular flexibility index (Phi) is 3.60. The Morgan fingerprint density at radius 2 is 1.69 bits per heavy atom. The molecule has 2 nitrogen and oxygen atoms in total. The van der Waals surface area contributed by atoms with E-state index in [0.717, 1.165) is 0 Å². The summed E-state index contributed by atoms with van der Waals surface area (Å²) < 4.78 is 38.8. The zero-order valence-electron chi connectivity index (χ0n) is 9.05. The molecule has 0 aliphatic heterocycles. The molecule has 2 N–H and O–H groups in total. The van der Waals surface area contributed by atoms with E-state index < -0.39 is 17.8 Å². The summed E-state index contributed by atoms with van der Waals surface area (Å²) in [6.07, 6.45) is -4.73. The van der Waals surface area contributed by atoms with Crippen molar-refractivity contribution < 1.29 is 18.3 Å². The first kappa shape index (κ1) is 13.0. The zero-order valence-corrected chi connectivity index (χ0v) is 9.05. The molecule has 0 radical (unpaired) electrons. The minimum Gasteiger partial charge on any atom is -0.375 e. The highest BCUT2D eigenvalue weighted by atomic mass is 19.4. The van der Waals surface area contributed by atoms with Crippen LogP contribution in [0.15, 0.2) is 30.3 Å². The van der Waals surface area contributed by atoms with Crippen LogP contribution in [0.4, 0.5) is 13.2 Å². The molecular formula is C11H14F3NO. The van der Waals surface area contributed by atoms with Crippen LogP contribution < -0.4 is 5.32 Å². The monoisotopic (exact) mass is 233 g/mol. The van der Waals surface area contributed by atoms with E-state index >= 15 is 0 Å². The van der Waals surface area contributed by atoms with E-state index in [1.165, 1.54) is 38.2 Å². The lowest BCUT2D eigenvalue weighted by atomic mass is 9.86. The molecule has 2 atom stereocenters. The topological polar surface area (TPSA) is 32.3 Å². The van der Waals surface area contributed by atoms with E-state index in [1.54, 1.807) is 6.07 Å². The van der Waals surface area contributed by atoms with Crippen molar-refractivity contribution in [2.45, 2.75) is 24.7 Å². The summed E-state index contributed by atoms with van der Waals surface area (Å²) in [7, 11) is 1.38. The number of benzene rings is 1. The van der Waals surface area contributed by atoms with Crippen LogP contribution in [-0.4, -0.2) is 24.4 Å². The predicted molar refractivity (Wildman–Crippen MR) is 54.9 cm³/mol. The van der Waals surface area contributed by atoms with Gasteiger partial charge in [-0.05, 0) is 19.5 Å². The lowest BCUT2D eigenvalue weighted by Crippen LogP contribution is -2.55. The van der Waals surface area contributed by atoms with Gasteiger partial charge in [-0.3, -0.25) is 0 Å². The minimum atomic E-state index is -4.73. The van der Waals surface area contributed by atoms with Gasteiger partial charge in [0.2, 0.25) is 5.60 Å². The first-order valence-corrected chi connectivity index (χ1v) is 4.86. The van der Waals surface area contributed by atoms with Gasteiger partial charge >= 0.3 is 6.18 Å². The van der Waals surface area contributed by atoms with Crippen LogP contribution in [-0.2, 0) is 5.60 Å². The molecule has 1 aromatic carbocycles. The molecule has 0 aliphatic carbocycles. The Morgan fingerprint density at radius 3 is 2.06 bits per heavy atom. The van der Waals surface area contributed by atoms with Crippen LogP contribution in [0.3, 0.4) is 0 Å². The third kappa shape index (κ3) is 2.05. The van der Waals surface area contributed by atoms with E-state index in [-0.39, 0.29) is 5.56 Å². The second-order valence-corrected chi connectivity index (χ2v) is 3.64. The van der Waals surface area contributed by atoms with Crippen LogP contribution >= 0.6 is 0 Å². The Hall–Kier alpha value is -1.07. The summed E-state index contributed by atoms with van der Waals surface area (Å²) in [4.78, 5) is 0. The SMILES string of the molecule is CN[C@@H](C)[C@](O)(c1ccccc1)C(F)(F)F. The number of likely N-dealkylation sites (N-methyl/N-ethyl adjacent to an activating group) is 1. The normalized spacial score (nSPS) is 17.9. The van der Waals surface area contributed by atoms with E-state index in [2.05, 4.69) is 5.32 Å². The van der Waals surface area contributed by atoms with E-state index in [4.69, 9.17) is 0 Å². The zero-order chi connectivity index (χ0) is 12.4. The maximum absolute atomic E-state index is 12.9. The molecule has 0 spiro atoms. The van der Waals surface area contributed by atoms with Crippen molar-refractivity contribution in [2.75, 3.05) is 7.05 Å². The van der Waals surface area contributed by atoms with Gasteiger partial charge in [0.1, 0.15) is 0 Å². The summed E-state index contributed by atoms with van der Waals surface area (Å²) in [6, 6.07) is 5.94. The molecule has 0 fully saturated rings. The molecule has 0 aliphatic rings. The number of alkyl halides is 3. The Morgan fingerprint density at radius 1 is 1.19 bits per heavy atom. The first-order valence-electron chi connectivity index (χ1n) is 4.86. The van der Waals surface area contributed by atoms with Crippen LogP contribution in [0, 0.1) is 0 Å². The van der Waals surface area contributed by atoms with E-state index in [9.17, 15) is 18.3 Å². The highest BCUT2D eigenvalue weighted by Crippen LogP contribution is 2.41. The molecule has 0 saturated carbocycles. The molecule has 0 heterocycles. The standard InChI is InChI=1S/C11H14F3NO/c1-8(15-2)10(16,11(12,13)14)9-6-4-3-5-7-9/h3-8,15-16H,1-2H3/t8-,10-/m0/s1. The number of halogens is 3. The predicted octanol–water partition coefficient (Wildman–Crippen LogP) is 2.04. The lowest BCUT2D eigenvalue weighted by molar-refractivity contribution is -0.275. The van der Waals surface area contributed by atoms with E-state index in [0.29, 0.717) is 0 Å². The Balaban J connectivity index is 3.26. The minimum absolute atomic E-state index is 0.163. The Bertz CT molecular complexity index is 339. The third-order valence-electron chi connectivity index (χ3n) is 2.71. The van der Waals surface area contributed by atoms with Crippen molar-refractivity contribution in [1.82, 2.24) is 5.32 Å². The summed E-state index contributed by atoms with van der Waals surface area (Å²) in [5.74, 6) is 0. The second-order valence-electron chi connectivity index (χ2n) is 3.64. The van der Waals surface area contributed by atoms with Gasteiger partial charge in [0.05, 0.1) is 0 Å². The third-order valence-corrected chi connectivity index (χ3v) is 2.71. The fourth-order valence-corrected chi connectivity index (χ4v) is 1.56. The first-order chi connectivity index (χ1) is 7.34. The van der Waals surface area contributed by atoms with Crippen LogP contribution in [0.25, 0.3) is 0 Å². The molecular weight excluding hydrogens is 219 g/mol. The van der Waals surface area contributed by atoms with Crippen LogP contribution in [0.2, 0.25) is 0 Å². The van der Waals surface area contributed by atoms with Gasteiger partial charge in [-0.15, -0.1) is 0 Å².